The Bertz CT molecular complexity index is 135. The summed E-state index contributed by atoms with van der Waals surface area (Å²) < 4.78 is 5.41. The molecule has 2 fully saturated rings. The average molecular weight is 128 g/mol. The van der Waals surface area contributed by atoms with Crippen LogP contribution in [0.1, 0.15) is 13.8 Å². The molecule has 0 bridgehead atoms. The number of fused-ring (bicyclic) bond motifs is 1. The molecular formula is C7H12O2. The summed E-state index contributed by atoms with van der Waals surface area (Å²) in [6.45, 7) is 4.22. The van der Waals surface area contributed by atoms with Crippen LogP contribution in [0, 0.1) is 11.8 Å². The molecule has 0 aromatic heterocycles. The summed E-state index contributed by atoms with van der Waals surface area (Å²) in [6.07, 6.45) is 0.412. The van der Waals surface area contributed by atoms with E-state index in [0.717, 1.165) is 0 Å². The SMILES string of the molecule is CC1OC2C([C@@H]1C)[C@H]2O. The summed E-state index contributed by atoms with van der Waals surface area (Å²) >= 11 is 0. The fourth-order valence-electron chi connectivity index (χ4n) is 1.76. The first-order valence-corrected chi connectivity index (χ1v) is 3.55. The van der Waals surface area contributed by atoms with E-state index in [-0.39, 0.29) is 12.2 Å². The highest BCUT2D eigenvalue weighted by atomic mass is 16.5. The van der Waals surface area contributed by atoms with Gasteiger partial charge in [0.15, 0.2) is 0 Å². The van der Waals surface area contributed by atoms with Crippen LogP contribution in [0.5, 0.6) is 0 Å². The van der Waals surface area contributed by atoms with Gasteiger partial charge in [-0.3, -0.25) is 0 Å². The van der Waals surface area contributed by atoms with Crippen LogP contribution in [0.25, 0.3) is 0 Å². The molecule has 52 valence electrons. The van der Waals surface area contributed by atoms with Crippen LogP contribution in [0.15, 0.2) is 0 Å². The van der Waals surface area contributed by atoms with Crippen LogP contribution in [-0.4, -0.2) is 23.4 Å². The van der Waals surface area contributed by atoms with E-state index in [1.54, 1.807) is 0 Å². The molecule has 0 amide bonds. The van der Waals surface area contributed by atoms with Gasteiger partial charge in [-0.2, -0.15) is 0 Å². The minimum Gasteiger partial charge on any atom is -0.390 e. The minimum atomic E-state index is -0.142. The van der Waals surface area contributed by atoms with E-state index in [1.807, 2.05) is 0 Å². The van der Waals surface area contributed by atoms with E-state index in [1.165, 1.54) is 0 Å². The van der Waals surface area contributed by atoms with Crippen molar-refractivity contribution >= 4 is 0 Å². The zero-order chi connectivity index (χ0) is 6.59. The Labute approximate surface area is 54.8 Å². The molecule has 3 unspecified atom stereocenters. The van der Waals surface area contributed by atoms with Gasteiger partial charge in [-0.15, -0.1) is 0 Å². The van der Waals surface area contributed by atoms with Crippen molar-refractivity contribution in [2.45, 2.75) is 32.2 Å². The molecule has 1 aliphatic heterocycles. The summed E-state index contributed by atoms with van der Waals surface area (Å²) in [5.74, 6) is 1.02. The molecule has 2 heteroatoms. The van der Waals surface area contributed by atoms with Crippen LogP contribution in [0.3, 0.4) is 0 Å². The summed E-state index contributed by atoms with van der Waals surface area (Å²) in [4.78, 5) is 0. The first-order chi connectivity index (χ1) is 4.22. The third kappa shape index (κ3) is 0.578. The lowest BCUT2D eigenvalue weighted by Gasteiger charge is -2.12. The van der Waals surface area contributed by atoms with Crippen LogP contribution < -0.4 is 0 Å². The number of aliphatic hydroxyl groups excluding tert-OH is 1. The molecule has 1 N–H and O–H groups in total. The van der Waals surface area contributed by atoms with Gasteiger partial charge in [0.2, 0.25) is 0 Å². The lowest BCUT2D eigenvalue weighted by atomic mass is 10.0. The highest BCUT2D eigenvalue weighted by molar-refractivity contribution is 5.08. The number of hydrogen-bond donors (Lipinski definition) is 1. The number of hydrogen-bond acceptors (Lipinski definition) is 2. The fourth-order valence-corrected chi connectivity index (χ4v) is 1.76. The van der Waals surface area contributed by atoms with Crippen molar-refractivity contribution in [3.05, 3.63) is 0 Å². The van der Waals surface area contributed by atoms with Gasteiger partial charge < -0.3 is 9.84 Å². The summed E-state index contributed by atoms with van der Waals surface area (Å²) in [5.41, 5.74) is 0. The van der Waals surface area contributed by atoms with Gasteiger partial charge in [0.1, 0.15) is 0 Å². The van der Waals surface area contributed by atoms with E-state index < -0.39 is 0 Å². The third-order valence-corrected chi connectivity index (χ3v) is 2.69. The number of aliphatic hydroxyl groups is 1. The molecule has 0 radical (unpaired) electrons. The number of ether oxygens (including phenoxy) is 1. The lowest BCUT2D eigenvalue weighted by Crippen LogP contribution is -2.17. The summed E-state index contributed by atoms with van der Waals surface area (Å²) in [6, 6.07) is 0. The molecule has 0 aromatic carbocycles. The lowest BCUT2D eigenvalue weighted by molar-refractivity contribution is 0.0238. The highest BCUT2D eigenvalue weighted by Crippen LogP contribution is 2.49. The van der Waals surface area contributed by atoms with Crippen molar-refractivity contribution in [2.75, 3.05) is 0 Å². The Morgan fingerprint density at radius 2 is 2.00 bits per heavy atom. The molecule has 9 heavy (non-hydrogen) atoms. The Hall–Kier alpha value is -0.0800. The Kier molecular flexibility index (Phi) is 0.945. The van der Waals surface area contributed by atoms with Gasteiger partial charge in [0, 0.05) is 5.92 Å². The zero-order valence-corrected chi connectivity index (χ0v) is 5.74. The molecular weight excluding hydrogens is 116 g/mol. The van der Waals surface area contributed by atoms with Crippen molar-refractivity contribution in [1.82, 2.24) is 0 Å². The Balaban J connectivity index is 2.07. The third-order valence-electron chi connectivity index (χ3n) is 2.69. The van der Waals surface area contributed by atoms with Crippen LogP contribution in [0.4, 0.5) is 0 Å². The maximum absolute atomic E-state index is 9.11. The van der Waals surface area contributed by atoms with Crippen molar-refractivity contribution in [2.24, 2.45) is 11.8 Å². The van der Waals surface area contributed by atoms with E-state index in [0.29, 0.717) is 17.9 Å². The summed E-state index contributed by atoms with van der Waals surface area (Å²) in [5, 5.41) is 9.11. The average Bonchev–Trinajstić information content (AvgIpc) is 2.29. The van der Waals surface area contributed by atoms with Crippen LogP contribution in [0.2, 0.25) is 0 Å². The Morgan fingerprint density at radius 1 is 1.33 bits per heavy atom. The topological polar surface area (TPSA) is 29.5 Å². The van der Waals surface area contributed by atoms with E-state index in [2.05, 4.69) is 13.8 Å². The monoisotopic (exact) mass is 128 g/mol. The second kappa shape index (κ2) is 1.50. The van der Waals surface area contributed by atoms with Gasteiger partial charge in [-0.1, -0.05) is 6.92 Å². The largest absolute Gasteiger partial charge is 0.390 e. The first-order valence-electron chi connectivity index (χ1n) is 3.55. The standard InChI is InChI=1S/C7H12O2/c1-3-4(2)9-7-5(3)6(7)8/h3-8H,1-2H3/t3-,4?,5?,6-,7?/m1/s1. The second-order valence-electron chi connectivity index (χ2n) is 3.23. The fraction of sp³-hybridized carbons (Fsp3) is 1.00. The van der Waals surface area contributed by atoms with Gasteiger partial charge in [0.05, 0.1) is 18.3 Å². The van der Waals surface area contributed by atoms with E-state index in [9.17, 15) is 0 Å². The molecule has 1 saturated carbocycles. The van der Waals surface area contributed by atoms with Gasteiger partial charge >= 0.3 is 0 Å². The molecule has 1 aliphatic carbocycles. The normalized spacial score (nSPS) is 63.7. The van der Waals surface area contributed by atoms with Crippen molar-refractivity contribution in [3.63, 3.8) is 0 Å². The predicted octanol–water partition coefficient (Wildman–Crippen LogP) is 0.400. The smallest absolute Gasteiger partial charge is 0.0898 e. The van der Waals surface area contributed by atoms with Crippen molar-refractivity contribution in [1.29, 1.82) is 0 Å². The van der Waals surface area contributed by atoms with Crippen LogP contribution >= 0.6 is 0 Å². The molecule has 2 nitrogen and oxygen atoms in total. The molecule has 1 heterocycles. The van der Waals surface area contributed by atoms with Crippen molar-refractivity contribution in [3.8, 4) is 0 Å². The molecule has 0 aromatic rings. The quantitative estimate of drug-likeness (QED) is 0.511. The van der Waals surface area contributed by atoms with E-state index in [4.69, 9.17) is 9.84 Å². The highest BCUT2D eigenvalue weighted by Gasteiger charge is 2.60. The van der Waals surface area contributed by atoms with Crippen LogP contribution in [-0.2, 0) is 4.74 Å². The van der Waals surface area contributed by atoms with Gasteiger partial charge in [-0.05, 0) is 12.8 Å². The second-order valence-corrected chi connectivity index (χ2v) is 3.23. The maximum Gasteiger partial charge on any atom is 0.0898 e. The summed E-state index contributed by atoms with van der Waals surface area (Å²) in [7, 11) is 0. The zero-order valence-electron chi connectivity index (χ0n) is 5.74. The number of rotatable bonds is 0. The first kappa shape index (κ1) is 5.69. The predicted molar refractivity (Wildman–Crippen MR) is 33.0 cm³/mol. The molecule has 5 atom stereocenters. The van der Waals surface area contributed by atoms with E-state index >= 15 is 0 Å². The van der Waals surface area contributed by atoms with Crippen molar-refractivity contribution < 1.29 is 9.84 Å². The Morgan fingerprint density at radius 3 is 2.33 bits per heavy atom. The molecule has 2 aliphatic rings. The van der Waals surface area contributed by atoms with Gasteiger partial charge in [0.25, 0.3) is 0 Å². The minimum absolute atomic E-state index is 0.142. The molecule has 0 spiro atoms. The maximum atomic E-state index is 9.11. The molecule has 1 saturated heterocycles. The van der Waals surface area contributed by atoms with Gasteiger partial charge in [-0.25, -0.2) is 0 Å². The molecule has 2 rings (SSSR count).